The summed E-state index contributed by atoms with van der Waals surface area (Å²) < 4.78 is 16.9. The van der Waals surface area contributed by atoms with Crippen LogP contribution in [0.3, 0.4) is 0 Å². The molecule has 1 aliphatic heterocycles. The Labute approximate surface area is 237 Å². The van der Waals surface area contributed by atoms with Crippen LogP contribution in [0.5, 0.6) is 0 Å². The Balaban J connectivity index is 1.65. The third kappa shape index (κ3) is 5.28. The van der Waals surface area contributed by atoms with Crippen molar-refractivity contribution in [2.75, 3.05) is 30.9 Å². The predicted octanol–water partition coefficient (Wildman–Crippen LogP) is 3.42. The average molecular weight is 609 g/mol. The number of hydrogen-bond acceptors (Lipinski definition) is 8. The molecule has 3 aromatic heterocycles. The summed E-state index contributed by atoms with van der Waals surface area (Å²) >= 11 is 3.28. The zero-order valence-electron chi connectivity index (χ0n) is 22.0. The van der Waals surface area contributed by atoms with Gasteiger partial charge in [-0.2, -0.15) is 5.10 Å². The summed E-state index contributed by atoms with van der Waals surface area (Å²) in [6.07, 6.45) is 2.62. The van der Waals surface area contributed by atoms with Gasteiger partial charge in [0.15, 0.2) is 5.82 Å². The van der Waals surface area contributed by atoms with Gasteiger partial charge in [-0.15, -0.1) is 0 Å². The SMILES string of the molecule is Cc1ncc(-c2cc3c(N4C[C@H](F)C[C@H]4C(=O)Nc4cccc(Br)n4)nn(CC=O)c3cc2C(=O)N(C)C)cn1. The maximum absolute atomic E-state index is 14.9. The highest BCUT2D eigenvalue weighted by atomic mass is 79.9. The third-order valence-electron chi connectivity index (χ3n) is 6.64. The number of nitrogens with zero attached hydrogens (tertiary/aromatic N) is 7. The Morgan fingerprint density at radius 1 is 1.23 bits per heavy atom. The van der Waals surface area contributed by atoms with Gasteiger partial charge in [-0.05, 0) is 52.7 Å². The molecule has 4 heterocycles. The molecule has 1 aromatic carbocycles. The molecule has 13 heteroatoms. The fourth-order valence-corrected chi connectivity index (χ4v) is 5.11. The summed E-state index contributed by atoms with van der Waals surface area (Å²) in [7, 11) is 3.29. The number of carbonyl (C=O) groups excluding carboxylic acids is 3. The van der Waals surface area contributed by atoms with Gasteiger partial charge >= 0.3 is 0 Å². The number of hydrogen-bond donors (Lipinski definition) is 1. The first-order valence-electron chi connectivity index (χ1n) is 12.5. The minimum atomic E-state index is -1.28. The van der Waals surface area contributed by atoms with E-state index in [0.717, 1.165) is 0 Å². The summed E-state index contributed by atoms with van der Waals surface area (Å²) in [5.74, 6) is 0.533. The molecule has 0 unspecified atom stereocenters. The summed E-state index contributed by atoms with van der Waals surface area (Å²) in [5.41, 5.74) is 2.02. The van der Waals surface area contributed by atoms with Crippen molar-refractivity contribution in [3.05, 3.63) is 58.7 Å². The van der Waals surface area contributed by atoms with Crippen LogP contribution in [0.25, 0.3) is 22.0 Å². The van der Waals surface area contributed by atoms with E-state index in [4.69, 9.17) is 0 Å². The molecule has 0 bridgehead atoms. The van der Waals surface area contributed by atoms with E-state index in [0.29, 0.717) is 55.9 Å². The second-order valence-corrected chi connectivity index (χ2v) is 10.5. The van der Waals surface area contributed by atoms with E-state index in [2.05, 4.69) is 41.3 Å². The maximum Gasteiger partial charge on any atom is 0.254 e. The molecular weight excluding hydrogens is 583 g/mol. The van der Waals surface area contributed by atoms with Gasteiger partial charge in [0.25, 0.3) is 5.91 Å². The topological polar surface area (TPSA) is 126 Å². The summed E-state index contributed by atoms with van der Waals surface area (Å²) in [5, 5.41) is 7.94. The van der Waals surface area contributed by atoms with E-state index in [-0.39, 0.29) is 25.4 Å². The molecule has 2 amide bonds. The van der Waals surface area contributed by atoms with Crippen molar-refractivity contribution >= 4 is 56.6 Å². The summed E-state index contributed by atoms with van der Waals surface area (Å²) in [6.45, 7) is 1.60. The molecule has 40 heavy (non-hydrogen) atoms. The van der Waals surface area contributed by atoms with Crippen molar-refractivity contribution in [1.82, 2.24) is 29.6 Å². The number of fused-ring (bicyclic) bond motifs is 1. The lowest BCUT2D eigenvalue weighted by molar-refractivity contribution is -0.117. The van der Waals surface area contributed by atoms with Crippen molar-refractivity contribution in [3.8, 4) is 11.1 Å². The number of carbonyl (C=O) groups is 3. The molecule has 5 rings (SSSR count). The molecule has 2 atom stereocenters. The summed E-state index contributed by atoms with van der Waals surface area (Å²) in [4.78, 5) is 54.0. The lowest BCUT2D eigenvalue weighted by atomic mass is 9.98. The predicted molar refractivity (Wildman–Crippen MR) is 151 cm³/mol. The number of aromatic nitrogens is 5. The molecule has 0 aliphatic carbocycles. The smallest absolute Gasteiger partial charge is 0.254 e. The molecular formula is C27H26BrFN8O3. The van der Waals surface area contributed by atoms with E-state index in [1.165, 1.54) is 9.58 Å². The molecule has 0 spiro atoms. The quantitative estimate of drug-likeness (QED) is 0.250. The zero-order chi connectivity index (χ0) is 28.6. The van der Waals surface area contributed by atoms with Gasteiger partial charge in [0, 0.05) is 49.4 Å². The highest BCUT2D eigenvalue weighted by Gasteiger charge is 2.39. The van der Waals surface area contributed by atoms with Crippen LogP contribution in [0.1, 0.15) is 22.6 Å². The van der Waals surface area contributed by atoms with E-state index in [9.17, 15) is 18.8 Å². The van der Waals surface area contributed by atoms with Crippen LogP contribution in [-0.4, -0.2) is 80.6 Å². The first-order chi connectivity index (χ1) is 19.2. The van der Waals surface area contributed by atoms with Crippen LogP contribution in [0.2, 0.25) is 0 Å². The Hall–Kier alpha value is -4.26. The Morgan fingerprint density at radius 2 is 1.98 bits per heavy atom. The molecule has 1 fully saturated rings. The monoisotopic (exact) mass is 608 g/mol. The van der Waals surface area contributed by atoms with Crippen molar-refractivity contribution in [3.63, 3.8) is 0 Å². The summed E-state index contributed by atoms with van der Waals surface area (Å²) in [6, 6.07) is 7.65. The number of pyridine rings is 1. The molecule has 0 saturated carbocycles. The Kier molecular flexibility index (Phi) is 7.57. The van der Waals surface area contributed by atoms with Crippen molar-refractivity contribution < 1.29 is 18.8 Å². The normalized spacial score (nSPS) is 16.8. The number of aldehydes is 1. The van der Waals surface area contributed by atoms with E-state index in [1.54, 1.807) is 68.6 Å². The number of rotatable bonds is 7. The van der Waals surface area contributed by atoms with Gasteiger partial charge in [-0.25, -0.2) is 19.3 Å². The van der Waals surface area contributed by atoms with Crippen LogP contribution in [0, 0.1) is 6.92 Å². The maximum atomic E-state index is 14.9. The number of aryl methyl sites for hydroxylation is 1. The van der Waals surface area contributed by atoms with Crippen LogP contribution >= 0.6 is 15.9 Å². The first kappa shape index (κ1) is 27.3. The van der Waals surface area contributed by atoms with Crippen LogP contribution in [0.15, 0.2) is 47.3 Å². The minimum Gasteiger partial charge on any atom is -0.345 e. The van der Waals surface area contributed by atoms with Gasteiger partial charge in [-0.3, -0.25) is 14.3 Å². The number of nitrogens with one attached hydrogen (secondary N) is 1. The molecule has 11 nitrogen and oxygen atoms in total. The highest BCUT2D eigenvalue weighted by Crippen LogP contribution is 2.37. The number of anilines is 2. The minimum absolute atomic E-state index is 0.0439. The molecule has 206 valence electrons. The van der Waals surface area contributed by atoms with E-state index in [1.807, 2.05) is 0 Å². The average Bonchev–Trinajstić information content (AvgIpc) is 3.48. The van der Waals surface area contributed by atoms with E-state index < -0.39 is 18.1 Å². The fourth-order valence-electron chi connectivity index (χ4n) is 4.77. The number of halogens is 2. The van der Waals surface area contributed by atoms with Crippen molar-refractivity contribution in [2.24, 2.45) is 0 Å². The van der Waals surface area contributed by atoms with Gasteiger partial charge in [0.1, 0.15) is 34.7 Å². The Bertz CT molecular complexity index is 1610. The lowest BCUT2D eigenvalue weighted by Gasteiger charge is -2.23. The number of alkyl halides is 1. The second-order valence-electron chi connectivity index (χ2n) is 9.64. The second kappa shape index (κ2) is 11.1. The molecule has 0 radical (unpaired) electrons. The van der Waals surface area contributed by atoms with Crippen LogP contribution in [0.4, 0.5) is 16.0 Å². The largest absolute Gasteiger partial charge is 0.345 e. The highest BCUT2D eigenvalue weighted by molar-refractivity contribution is 9.10. The van der Waals surface area contributed by atoms with Gasteiger partial charge < -0.3 is 19.9 Å². The first-order valence-corrected chi connectivity index (χ1v) is 13.3. The zero-order valence-corrected chi connectivity index (χ0v) is 23.6. The Morgan fingerprint density at radius 3 is 2.65 bits per heavy atom. The van der Waals surface area contributed by atoms with Crippen LogP contribution < -0.4 is 10.2 Å². The fraction of sp³-hybridized carbons (Fsp3) is 0.296. The lowest BCUT2D eigenvalue weighted by Crippen LogP contribution is -2.40. The van der Waals surface area contributed by atoms with Crippen LogP contribution in [-0.2, 0) is 16.1 Å². The van der Waals surface area contributed by atoms with E-state index >= 15 is 0 Å². The van der Waals surface area contributed by atoms with Gasteiger partial charge in [0.2, 0.25) is 5.91 Å². The van der Waals surface area contributed by atoms with Gasteiger partial charge in [0.05, 0.1) is 18.6 Å². The molecule has 4 aromatic rings. The number of benzene rings is 1. The van der Waals surface area contributed by atoms with Crippen molar-refractivity contribution in [1.29, 1.82) is 0 Å². The molecule has 1 aliphatic rings. The van der Waals surface area contributed by atoms with Gasteiger partial charge in [-0.1, -0.05) is 6.07 Å². The number of amides is 2. The third-order valence-corrected chi connectivity index (χ3v) is 7.08. The molecule has 1 N–H and O–H groups in total. The standard InChI is InChI=1S/C27H26BrFN8O3/c1-15-30-12-16(13-31-15)18-10-20-21(11-19(18)27(40)35(2)3)37(7-8-38)34-25(20)36-14-17(29)9-22(36)26(39)33-24-6-4-5-23(28)32-24/h4-6,8,10-13,17,22H,7,9,14H2,1-3H3,(H,32,33,39)/t17-,22+/m1/s1. The van der Waals surface area contributed by atoms with Crippen molar-refractivity contribution in [2.45, 2.75) is 32.1 Å². The molecule has 1 saturated heterocycles.